The van der Waals surface area contributed by atoms with E-state index in [4.69, 9.17) is 9.72 Å². The number of carbonyl (C=O) groups excluding carboxylic acids is 1. The van der Waals surface area contributed by atoms with Crippen molar-refractivity contribution in [1.82, 2.24) is 34.9 Å². The number of anilines is 2. The number of hydrogen-bond acceptors (Lipinski definition) is 8. The van der Waals surface area contributed by atoms with Crippen molar-refractivity contribution in [3.05, 3.63) is 54.2 Å². The largest absolute Gasteiger partial charge is 0.497 e. The Bertz CT molecular complexity index is 1430. The fraction of sp³-hybridized carbons (Fsp3) is 0.346. The average Bonchev–Trinajstić information content (AvgIpc) is 3.38. The van der Waals surface area contributed by atoms with E-state index in [9.17, 15) is 4.79 Å². The minimum absolute atomic E-state index is 0.0819. The normalized spacial score (nSPS) is 13.7. The van der Waals surface area contributed by atoms with Gasteiger partial charge >= 0.3 is 0 Å². The van der Waals surface area contributed by atoms with Gasteiger partial charge in [0.1, 0.15) is 29.4 Å². The number of piperazine rings is 1. The number of halogens is 1. The summed E-state index contributed by atoms with van der Waals surface area (Å²) in [6.07, 6.45) is 5.69. The van der Waals surface area contributed by atoms with E-state index >= 15 is 4.39 Å². The van der Waals surface area contributed by atoms with Crippen LogP contribution in [-0.4, -0.2) is 75.4 Å². The van der Waals surface area contributed by atoms with E-state index in [0.717, 1.165) is 18.7 Å². The van der Waals surface area contributed by atoms with Gasteiger partial charge in [0.05, 0.1) is 30.9 Å². The fourth-order valence-electron chi connectivity index (χ4n) is 4.38. The number of fused-ring (bicyclic) bond motifs is 1. The molecule has 10 nitrogen and oxygen atoms in total. The minimum Gasteiger partial charge on any atom is -0.497 e. The summed E-state index contributed by atoms with van der Waals surface area (Å²) in [7, 11) is 3.37. The number of methoxy groups -OCH3 is 1. The summed E-state index contributed by atoms with van der Waals surface area (Å²) >= 11 is 0. The van der Waals surface area contributed by atoms with E-state index < -0.39 is 5.82 Å². The lowest BCUT2D eigenvalue weighted by Crippen LogP contribution is -2.49. The molecule has 1 amide bonds. The molecule has 11 heteroatoms. The molecule has 192 valence electrons. The smallest absolute Gasteiger partial charge is 0.242 e. The highest BCUT2D eigenvalue weighted by Gasteiger charge is 2.25. The Kier molecular flexibility index (Phi) is 6.95. The van der Waals surface area contributed by atoms with Gasteiger partial charge in [-0.25, -0.2) is 14.4 Å². The average molecular weight is 505 g/mol. The van der Waals surface area contributed by atoms with Crippen molar-refractivity contribution in [3.8, 4) is 17.0 Å². The summed E-state index contributed by atoms with van der Waals surface area (Å²) < 4.78 is 22.9. The van der Waals surface area contributed by atoms with Crippen LogP contribution >= 0.6 is 0 Å². The van der Waals surface area contributed by atoms with Crippen LogP contribution in [0.4, 0.5) is 15.9 Å². The molecule has 0 atom stereocenters. The molecule has 0 saturated carbocycles. The van der Waals surface area contributed by atoms with Gasteiger partial charge < -0.3 is 19.9 Å². The van der Waals surface area contributed by atoms with Gasteiger partial charge in [-0.1, -0.05) is 6.92 Å². The van der Waals surface area contributed by atoms with Crippen molar-refractivity contribution in [2.45, 2.75) is 13.3 Å². The Morgan fingerprint density at radius 3 is 2.70 bits per heavy atom. The molecule has 0 unspecified atom stereocenters. The number of benzene rings is 1. The molecule has 0 radical (unpaired) electrons. The molecule has 37 heavy (non-hydrogen) atoms. The lowest BCUT2D eigenvalue weighted by atomic mass is 10.1. The van der Waals surface area contributed by atoms with Crippen molar-refractivity contribution in [2.75, 3.05) is 44.7 Å². The van der Waals surface area contributed by atoms with Crippen LogP contribution in [0.15, 0.2) is 42.9 Å². The number of nitrogens with zero attached hydrogens (tertiary/aromatic N) is 7. The Labute approximate surface area is 214 Å². The summed E-state index contributed by atoms with van der Waals surface area (Å²) in [4.78, 5) is 30.6. The SMILES string of the molecule is CCc1cc(OC)cc(N(CC(=O)N2CCNCC2)c2ccc3ncc(-c4cnn(C)c4)nc3n2)c1F. The number of rotatable bonds is 7. The van der Waals surface area contributed by atoms with Crippen LogP contribution in [0.2, 0.25) is 0 Å². The highest BCUT2D eigenvalue weighted by atomic mass is 19.1. The van der Waals surface area contributed by atoms with Gasteiger partial charge in [0.15, 0.2) is 5.65 Å². The maximum Gasteiger partial charge on any atom is 0.242 e. The second kappa shape index (κ2) is 10.5. The Morgan fingerprint density at radius 1 is 1.19 bits per heavy atom. The molecular formula is C26H29FN8O2. The molecule has 0 spiro atoms. The number of amides is 1. The van der Waals surface area contributed by atoms with Crippen molar-refractivity contribution >= 4 is 28.6 Å². The van der Waals surface area contributed by atoms with Crippen LogP contribution < -0.4 is 15.0 Å². The van der Waals surface area contributed by atoms with Gasteiger partial charge in [0.2, 0.25) is 5.91 Å². The molecule has 1 aliphatic heterocycles. The van der Waals surface area contributed by atoms with Gasteiger partial charge in [0.25, 0.3) is 0 Å². The van der Waals surface area contributed by atoms with E-state index in [1.165, 1.54) is 7.11 Å². The zero-order chi connectivity index (χ0) is 25.9. The van der Waals surface area contributed by atoms with Gasteiger partial charge in [-0.15, -0.1) is 0 Å². The van der Waals surface area contributed by atoms with Gasteiger partial charge in [0, 0.05) is 51.1 Å². The summed E-state index contributed by atoms with van der Waals surface area (Å²) in [6.45, 7) is 4.43. The molecule has 1 aliphatic rings. The van der Waals surface area contributed by atoms with Crippen molar-refractivity contribution < 1.29 is 13.9 Å². The number of pyridine rings is 1. The Hall–Kier alpha value is -4.12. The predicted molar refractivity (Wildman–Crippen MR) is 138 cm³/mol. The van der Waals surface area contributed by atoms with Gasteiger partial charge in [-0.2, -0.15) is 5.10 Å². The zero-order valence-corrected chi connectivity index (χ0v) is 21.1. The van der Waals surface area contributed by atoms with E-state index in [-0.39, 0.29) is 18.1 Å². The molecule has 4 aromatic rings. The monoisotopic (exact) mass is 504 g/mol. The number of ether oxygens (including phenoxy) is 1. The zero-order valence-electron chi connectivity index (χ0n) is 21.1. The van der Waals surface area contributed by atoms with E-state index in [1.807, 2.05) is 20.2 Å². The number of aromatic nitrogens is 5. The second-order valence-electron chi connectivity index (χ2n) is 8.86. The third kappa shape index (κ3) is 5.08. The molecule has 1 saturated heterocycles. The van der Waals surface area contributed by atoms with Gasteiger partial charge in [-0.05, 0) is 30.2 Å². The predicted octanol–water partition coefficient (Wildman–Crippen LogP) is 2.71. The molecule has 5 rings (SSSR count). The first-order valence-electron chi connectivity index (χ1n) is 12.2. The molecule has 4 heterocycles. The number of nitrogens with one attached hydrogen (secondary N) is 1. The highest BCUT2D eigenvalue weighted by Crippen LogP contribution is 2.33. The molecule has 3 aromatic heterocycles. The second-order valence-corrected chi connectivity index (χ2v) is 8.86. The Morgan fingerprint density at radius 2 is 2.00 bits per heavy atom. The van der Waals surface area contributed by atoms with E-state index in [0.29, 0.717) is 53.5 Å². The summed E-state index contributed by atoms with van der Waals surface area (Å²) in [5.41, 5.74) is 3.12. The van der Waals surface area contributed by atoms with Crippen LogP contribution in [-0.2, 0) is 18.3 Å². The first-order chi connectivity index (χ1) is 18.0. The lowest BCUT2D eigenvalue weighted by Gasteiger charge is -2.31. The van der Waals surface area contributed by atoms with Crippen molar-refractivity contribution in [2.24, 2.45) is 7.05 Å². The van der Waals surface area contributed by atoms with Crippen molar-refractivity contribution in [1.29, 1.82) is 0 Å². The Balaban J connectivity index is 1.60. The standard InChI is InChI=1S/C26H29FN8O2/c1-4-17-11-19(37-3)12-22(25(17)27)35(16-24(36)34-9-7-28-8-10-34)23-6-5-20-26(32-23)31-21(14-29-20)18-13-30-33(2)15-18/h5-6,11-15,28H,4,7-10,16H2,1-3H3. The summed E-state index contributed by atoms with van der Waals surface area (Å²) in [5, 5.41) is 7.45. The molecule has 1 aromatic carbocycles. The first kappa shape index (κ1) is 24.6. The molecule has 0 bridgehead atoms. The number of aryl methyl sites for hydroxylation is 2. The van der Waals surface area contributed by atoms with Gasteiger partial charge in [-0.3, -0.25) is 14.5 Å². The van der Waals surface area contributed by atoms with E-state index in [1.54, 1.807) is 51.1 Å². The molecular weight excluding hydrogens is 475 g/mol. The molecule has 1 fully saturated rings. The lowest BCUT2D eigenvalue weighted by molar-refractivity contribution is -0.130. The third-order valence-electron chi connectivity index (χ3n) is 6.44. The van der Waals surface area contributed by atoms with Crippen LogP contribution in [0, 0.1) is 5.82 Å². The van der Waals surface area contributed by atoms with Crippen molar-refractivity contribution in [3.63, 3.8) is 0 Å². The van der Waals surface area contributed by atoms with Crippen LogP contribution in [0.1, 0.15) is 12.5 Å². The highest BCUT2D eigenvalue weighted by molar-refractivity contribution is 5.85. The summed E-state index contributed by atoms with van der Waals surface area (Å²) in [5.74, 6) is 0.377. The number of carbonyl (C=O) groups is 1. The quantitative estimate of drug-likeness (QED) is 0.410. The minimum atomic E-state index is -0.409. The topological polar surface area (TPSA) is 101 Å². The summed E-state index contributed by atoms with van der Waals surface area (Å²) in [6, 6.07) is 6.78. The van der Waals surface area contributed by atoms with Crippen LogP contribution in [0.3, 0.4) is 0 Å². The third-order valence-corrected chi connectivity index (χ3v) is 6.44. The molecule has 0 aliphatic carbocycles. The van der Waals surface area contributed by atoms with Crippen LogP contribution in [0.5, 0.6) is 5.75 Å². The molecule has 1 N–H and O–H groups in total. The fourth-order valence-corrected chi connectivity index (χ4v) is 4.38. The first-order valence-corrected chi connectivity index (χ1v) is 12.2. The maximum atomic E-state index is 15.7. The number of hydrogen-bond donors (Lipinski definition) is 1. The van der Waals surface area contributed by atoms with E-state index in [2.05, 4.69) is 20.4 Å². The van der Waals surface area contributed by atoms with Crippen LogP contribution in [0.25, 0.3) is 22.4 Å². The maximum absolute atomic E-state index is 15.7.